The molecule has 2 N–H and O–H groups in total. The van der Waals surface area contributed by atoms with Gasteiger partial charge in [-0.25, -0.2) is 4.39 Å². The van der Waals surface area contributed by atoms with E-state index in [-0.39, 0.29) is 5.75 Å². The number of phenols is 1. The minimum Gasteiger partial charge on any atom is -0.505 e. The number of methoxy groups -OCH3 is 2. The van der Waals surface area contributed by atoms with Gasteiger partial charge in [-0.05, 0) is 29.8 Å². The summed E-state index contributed by atoms with van der Waals surface area (Å²) in [4.78, 5) is 0. The van der Waals surface area contributed by atoms with Gasteiger partial charge < -0.3 is 19.9 Å². The Kier molecular flexibility index (Phi) is 4.75. The maximum atomic E-state index is 13.2. The number of phenolic OH excluding ortho intramolecular Hbond substituents is 1. The van der Waals surface area contributed by atoms with Crippen molar-refractivity contribution in [3.8, 4) is 17.2 Å². The number of anilines is 1. The van der Waals surface area contributed by atoms with Crippen molar-refractivity contribution < 1.29 is 19.0 Å². The maximum Gasteiger partial charge on any atom is 0.179 e. The molecule has 0 bridgehead atoms. The lowest BCUT2D eigenvalue weighted by atomic mass is 10.2. The summed E-state index contributed by atoms with van der Waals surface area (Å²) in [6.45, 7) is 0.421. The number of hydrogen-bond donors (Lipinski definition) is 2. The van der Waals surface area contributed by atoms with Gasteiger partial charge in [0.25, 0.3) is 0 Å². The molecule has 0 fully saturated rings. The van der Waals surface area contributed by atoms with Gasteiger partial charge >= 0.3 is 0 Å². The summed E-state index contributed by atoms with van der Waals surface area (Å²) in [5.41, 5.74) is 1.40. The molecule has 0 aromatic heterocycles. The highest BCUT2D eigenvalue weighted by Crippen LogP contribution is 2.36. The number of nitrogens with one attached hydrogen (secondary N) is 1. The highest BCUT2D eigenvalue weighted by molar-refractivity contribution is 6.32. The predicted molar refractivity (Wildman–Crippen MR) is 79.9 cm³/mol. The third kappa shape index (κ3) is 3.49. The minimum absolute atomic E-state index is 0.380. The first-order chi connectivity index (χ1) is 10.0. The van der Waals surface area contributed by atoms with Crippen molar-refractivity contribution >= 4 is 17.3 Å². The van der Waals surface area contributed by atoms with E-state index < -0.39 is 5.82 Å². The van der Waals surface area contributed by atoms with E-state index in [0.717, 1.165) is 5.56 Å². The molecule has 2 aromatic carbocycles. The average Bonchev–Trinajstić information content (AvgIpc) is 2.47. The van der Waals surface area contributed by atoms with Gasteiger partial charge in [-0.1, -0.05) is 11.6 Å². The van der Waals surface area contributed by atoms with Gasteiger partial charge in [0.15, 0.2) is 23.1 Å². The Hall–Kier alpha value is -2.14. The molecular formula is C15H15ClFNO3. The molecule has 0 spiro atoms. The van der Waals surface area contributed by atoms with Crippen LogP contribution in [0.15, 0.2) is 30.3 Å². The van der Waals surface area contributed by atoms with Crippen LogP contribution in [0.1, 0.15) is 5.56 Å². The summed E-state index contributed by atoms with van der Waals surface area (Å²) >= 11 is 6.12. The number of ether oxygens (including phenoxy) is 2. The fraction of sp³-hybridized carbons (Fsp3) is 0.200. The molecule has 0 heterocycles. The molecule has 0 radical (unpaired) electrons. The first-order valence-corrected chi connectivity index (χ1v) is 6.55. The van der Waals surface area contributed by atoms with Crippen molar-refractivity contribution in [2.24, 2.45) is 0 Å². The molecule has 0 saturated heterocycles. The van der Waals surface area contributed by atoms with Crippen molar-refractivity contribution in [1.82, 2.24) is 0 Å². The molecule has 0 aliphatic heterocycles. The van der Waals surface area contributed by atoms with Gasteiger partial charge in [0.2, 0.25) is 0 Å². The van der Waals surface area contributed by atoms with Crippen LogP contribution in [0.2, 0.25) is 5.02 Å². The van der Waals surface area contributed by atoms with Gasteiger partial charge in [0.1, 0.15) is 0 Å². The number of benzene rings is 2. The second-order valence-electron chi connectivity index (χ2n) is 4.33. The molecule has 0 aliphatic rings. The smallest absolute Gasteiger partial charge is 0.179 e. The molecule has 21 heavy (non-hydrogen) atoms. The fourth-order valence-corrected chi connectivity index (χ4v) is 2.20. The number of hydrogen-bond acceptors (Lipinski definition) is 4. The lowest BCUT2D eigenvalue weighted by Crippen LogP contribution is -2.01. The van der Waals surface area contributed by atoms with E-state index in [1.807, 2.05) is 0 Å². The first-order valence-electron chi connectivity index (χ1n) is 6.18. The van der Waals surface area contributed by atoms with Gasteiger partial charge in [0.05, 0.1) is 19.2 Å². The minimum atomic E-state index is -0.676. The van der Waals surface area contributed by atoms with E-state index in [9.17, 15) is 4.39 Å². The topological polar surface area (TPSA) is 50.7 Å². The lowest BCUT2D eigenvalue weighted by Gasteiger charge is -2.13. The Morgan fingerprint density at radius 1 is 1.19 bits per heavy atom. The Labute approximate surface area is 127 Å². The summed E-state index contributed by atoms with van der Waals surface area (Å²) in [5.74, 6) is -0.0580. The third-order valence-electron chi connectivity index (χ3n) is 2.94. The lowest BCUT2D eigenvalue weighted by molar-refractivity contribution is 0.355. The normalized spacial score (nSPS) is 10.3. The van der Waals surface area contributed by atoms with Crippen LogP contribution in [0, 0.1) is 5.82 Å². The average molecular weight is 312 g/mol. The Morgan fingerprint density at radius 2 is 1.95 bits per heavy atom. The molecule has 0 atom stereocenters. The van der Waals surface area contributed by atoms with Gasteiger partial charge in [0, 0.05) is 18.3 Å². The Bertz CT molecular complexity index is 649. The van der Waals surface area contributed by atoms with Crippen molar-refractivity contribution in [2.75, 3.05) is 19.5 Å². The first kappa shape index (κ1) is 15.3. The number of rotatable bonds is 5. The van der Waals surface area contributed by atoms with E-state index >= 15 is 0 Å². The number of aromatic hydroxyl groups is 1. The predicted octanol–water partition coefficient (Wildman–Crippen LogP) is 3.81. The van der Waals surface area contributed by atoms with Crippen molar-refractivity contribution in [2.45, 2.75) is 6.54 Å². The molecule has 0 unspecified atom stereocenters. The Balaban J connectivity index is 2.16. The van der Waals surface area contributed by atoms with Crippen LogP contribution >= 0.6 is 11.6 Å². The van der Waals surface area contributed by atoms with Crippen LogP contribution < -0.4 is 14.8 Å². The molecular weight excluding hydrogens is 297 g/mol. The van der Waals surface area contributed by atoms with Gasteiger partial charge in [-0.2, -0.15) is 0 Å². The molecule has 2 rings (SSSR count). The van der Waals surface area contributed by atoms with Crippen LogP contribution in [0.25, 0.3) is 0 Å². The third-order valence-corrected chi connectivity index (χ3v) is 3.22. The van der Waals surface area contributed by atoms with Crippen molar-refractivity contribution in [3.05, 3.63) is 46.7 Å². The van der Waals surface area contributed by atoms with Gasteiger partial charge in [-0.3, -0.25) is 0 Å². The second-order valence-corrected chi connectivity index (χ2v) is 4.74. The van der Waals surface area contributed by atoms with Crippen molar-refractivity contribution in [1.29, 1.82) is 0 Å². The molecule has 6 heteroatoms. The fourth-order valence-electron chi connectivity index (χ4n) is 1.89. The molecule has 4 nitrogen and oxygen atoms in total. The molecule has 0 saturated carbocycles. The number of halogens is 2. The van der Waals surface area contributed by atoms with E-state index in [1.165, 1.54) is 26.4 Å². The largest absolute Gasteiger partial charge is 0.505 e. The quantitative estimate of drug-likeness (QED) is 0.824. The Morgan fingerprint density at radius 3 is 2.57 bits per heavy atom. The van der Waals surface area contributed by atoms with Crippen LogP contribution in [-0.2, 0) is 6.54 Å². The van der Waals surface area contributed by atoms with Crippen LogP contribution in [0.4, 0.5) is 10.1 Å². The van der Waals surface area contributed by atoms with Crippen LogP contribution in [-0.4, -0.2) is 19.3 Å². The second kappa shape index (κ2) is 6.54. The molecule has 2 aromatic rings. The van der Waals surface area contributed by atoms with E-state index in [2.05, 4.69) is 5.32 Å². The van der Waals surface area contributed by atoms with E-state index in [0.29, 0.717) is 28.8 Å². The van der Waals surface area contributed by atoms with E-state index in [1.54, 1.807) is 18.2 Å². The van der Waals surface area contributed by atoms with Crippen LogP contribution in [0.5, 0.6) is 17.2 Å². The maximum absolute atomic E-state index is 13.2. The van der Waals surface area contributed by atoms with Crippen molar-refractivity contribution in [3.63, 3.8) is 0 Å². The highest BCUT2D eigenvalue weighted by atomic mass is 35.5. The summed E-state index contributed by atoms with van der Waals surface area (Å²) < 4.78 is 23.6. The monoisotopic (exact) mass is 311 g/mol. The molecule has 112 valence electrons. The zero-order chi connectivity index (χ0) is 15.4. The van der Waals surface area contributed by atoms with Crippen LogP contribution in [0.3, 0.4) is 0 Å². The van der Waals surface area contributed by atoms with E-state index in [4.69, 9.17) is 26.2 Å². The zero-order valence-electron chi connectivity index (χ0n) is 11.6. The van der Waals surface area contributed by atoms with Gasteiger partial charge in [-0.15, -0.1) is 0 Å². The summed E-state index contributed by atoms with van der Waals surface area (Å²) in [5, 5.41) is 12.6. The highest BCUT2D eigenvalue weighted by Gasteiger charge is 2.11. The SMILES string of the molecule is COc1cc(CNc2ccc(O)c(F)c2)cc(Cl)c1OC. The molecule has 0 amide bonds. The summed E-state index contributed by atoms with van der Waals surface area (Å²) in [6, 6.07) is 7.62. The summed E-state index contributed by atoms with van der Waals surface area (Å²) in [6.07, 6.45) is 0. The molecule has 0 aliphatic carbocycles. The standard InChI is InChI=1S/C15H15ClFNO3/c1-20-14-6-9(5-11(16)15(14)21-2)8-18-10-3-4-13(19)12(17)7-10/h3-7,18-19H,8H2,1-2H3. The summed E-state index contributed by atoms with van der Waals surface area (Å²) in [7, 11) is 3.04. The zero-order valence-corrected chi connectivity index (χ0v) is 12.4.